The molecular weight excluding hydrogens is 350 g/mol. The number of benzene rings is 1. The van der Waals surface area contributed by atoms with E-state index in [-0.39, 0.29) is 5.91 Å². The largest absolute Gasteiger partial charge is 0.495 e. The molecule has 126 valence electrons. The molecule has 1 aromatic carbocycles. The van der Waals surface area contributed by atoms with Crippen molar-refractivity contribution >= 4 is 44.7 Å². The van der Waals surface area contributed by atoms with Gasteiger partial charge in [0.05, 0.1) is 35.5 Å². The van der Waals surface area contributed by atoms with Crippen LogP contribution in [0.3, 0.4) is 0 Å². The molecule has 0 atom stereocenters. The molecule has 24 heavy (non-hydrogen) atoms. The molecule has 3 aromatic rings. The molecule has 0 saturated carbocycles. The first-order valence-electron chi connectivity index (χ1n) is 7.10. The van der Waals surface area contributed by atoms with Gasteiger partial charge in [0.15, 0.2) is 0 Å². The molecule has 2 aromatic heterocycles. The Morgan fingerprint density at radius 3 is 2.58 bits per heavy atom. The number of aromatic nitrogens is 2. The van der Waals surface area contributed by atoms with Crippen molar-refractivity contribution in [2.45, 2.75) is 6.92 Å². The van der Waals surface area contributed by atoms with E-state index in [4.69, 9.17) is 21.1 Å². The third-order valence-electron chi connectivity index (χ3n) is 3.64. The number of ether oxygens (including phenoxy) is 2. The zero-order chi connectivity index (χ0) is 17.4. The van der Waals surface area contributed by atoms with Gasteiger partial charge in [0.1, 0.15) is 16.3 Å². The summed E-state index contributed by atoms with van der Waals surface area (Å²) in [6.07, 6.45) is 0. The van der Waals surface area contributed by atoms with Gasteiger partial charge in [0.25, 0.3) is 5.91 Å². The Labute approximate surface area is 147 Å². The Kier molecular flexibility index (Phi) is 4.38. The minimum atomic E-state index is -0.224. The second-order valence-electron chi connectivity index (χ2n) is 5.18. The maximum Gasteiger partial charge on any atom is 0.265 e. The van der Waals surface area contributed by atoms with Crippen LogP contribution >= 0.6 is 22.9 Å². The summed E-state index contributed by atoms with van der Waals surface area (Å²) >= 11 is 7.47. The van der Waals surface area contributed by atoms with Gasteiger partial charge in [0, 0.05) is 24.6 Å². The number of carbonyl (C=O) groups is 1. The molecule has 1 amide bonds. The SMILES string of the molecule is COc1cc(NC(=O)c2cc3c(C)nn(C)c3s2)c(OC)cc1Cl. The number of nitrogens with one attached hydrogen (secondary N) is 1. The molecule has 0 aliphatic carbocycles. The van der Waals surface area contributed by atoms with E-state index in [2.05, 4.69) is 10.4 Å². The Morgan fingerprint density at radius 2 is 1.96 bits per heavy atom. The lowest BCUT2D eigenvalue weighted by Gasteiger charge is -2.12. The third-order valence-corrected chi connectivity index (χ3v) is 5.14. The van der Waals surface area contributed by atoms with E-state index in [0.29, 0.717) is 27.1 Å². The van der Waals surface area contributed by atoms with E-state index in [0.717, 1.165) is 15.9 Å². The van der Waals surface area contributed by atoms with Crippen molar-refractivity contribution < 1.29 is 14.3 Å². The van der Waals surface area contributed by atoms with Crippen molar-refractivity contribution in [2.75, 3.05) is 19.5 Å². The van der Waals surface area contributed by atoms with Crippen LogP contribution in [0.1, 0.15) is 15.4 Å². The number of hydrogen-bond acceptors (Lipinski definition) is 5. The van der Waals surface area contributed by atoms with Crippen molar-refractivity contribution in [1.82, 2.24) is 9.78 Å². The van der Waals surface area contributed by atoms with E-state index in [1.165, 1.54) is 25.6 Å². The highest BCUT2D eigenvalue weighted by Crippen LogP contribution is 2.36. The molecule has 0 aliphatic heterocycles. The number of amides is 1. The Morgan fingerprint density at radius 1 is 1.25 bits per heavy atom. The quantitative estimate of drug-likeness (QED) is 0.762. The number of thiophene rings is 1. The summed E-state index contributed by atoms with van der Waals surface area (Å²) in [5.74, 6) is 0.704. The van der Waals surface area contributed by atoms with Gasteiger partial charge >= 0.3 is 0 Å². The fraction of sp³-hybridized carbons (Fsp3) is 0.250. The van der Waals surface area contributed by atoms with Gasteiger partial charge in [-0.05, 0) is 13.0 Å². The first kappa shape index (κ1) is 16.6. The fourth-order valence-corrected chi connectivity index (χ4v) is 3.71. The lowest BCUT2D eigenvalue weighted by Crippen LogP contribution is -2.11. The molecule has 0 radical (unpaired) electrons. The maximum atomic E-state index is 12.6. The van der Waals surface area contributed by atoms with Crippen LogP contribution in [0.15, 0.2) is 18.2 Å². The highest BCUT2D eigenvalue weighted by molar-refractivity contribution is 7.20. The second kappa shape index (κ2) is 6.33. The summed E-state index contributed by atoms with van der Waals surface area (Å²) in [4.78, 5) is 14.1. The standard InChI is InChI=1S/C16H16ClN3O3S/c1-8-9-5-14(24-16(9)20(2)19-8)15(21)18-11-7-12(22-3)10(17)6-13(11)23-4/h5-7H,1-4H3,(H,18,21). The molecule has 0 unspecified atom stereocenters. The van der Waals surface area contributed by atoms with E-state index in [1.807, 2.05) is 20.0 Å². The Hall–Kier alpha value is -2.25. The van der Waals surface area contributed by atoms with Crippen LogP contribution in [0.5, 0.6) is 11.5 Å². The lowest BCUT2D eigenvalue weighted by atomic mass is 10.2. The number of methoxy groups -OCH3 is 2. The van der Waals surface area contributed by atoms with Gasteiger partial charge < -0.3 is 14.8 Å². The molecule has 0 spiro atoms. The molecule has 3 rings (SSSR count). The first-order chi connectivity index (χ1) is 11.4. The number of fused-ring (bicyclic) bond motifs is 1. The zero-order valence-corrected chi connectivity index (χ0v) is 15.2. The monoisotopic (exact) mass is 365 g/mol. The van der Waals surface area contributed by atoms with Crippen LogP contribution in [0.2, 0.25) is 5.02 Å². The summed E-state index contributed by atoms with van der Waals surface area (Å²) < 4.78 is 12.2. The zero-order valence-electron chi connectivity index (χ0n) is 13.6. The van der Waals surface area contributed by atoms with E-state index in [9.17, 15) is 4.79 Å². The molecule has 6 nitrogen and oxygen atoms in total. The van der Waals surface area contributed by atoms with Crippen LogP contribution < -0.4 is 14.8 Å². The van der Waals surface area contributed by atoms with Crippen molar-refractivity contribution in [2.24, 2.45) is 7.05 Å². The topological polar surface area (TPSA) is 65.4 Å². The highest BCUT2D eigenvalue weighted by atomic mass is 35.5. The Bertz CT molecular complexity index is 898. The summed E-state index contributed by atoms with van der Waals surface area (Å²) in [5, 5.41) is 8.58. The average Bonchev–Trinajstić information content (AvgIpc) is 3.11. The molecular formula is C16H16ClN3O3S. The third kappa shape index (κ3) is 2.81. The maximum absolute atomic E-state index is 12.6. The number of hydrogen-bond donors (Lipinski definition) is 1. The number of anilines is 1. The van der Waals surface area contributed by atoms with Gasteiger partial charge in [-0.1, -0.05) is 11.6 Å². The predicted octanol–water partition coefficient (Wildman–Crippen LogP) is 3.87. The number of halogens is 1. The van der Waals surface area contributed by atoms with E-state index >= 15 is 0 Å². The minimum absolute atomic E-state index is 0.224. The van der Waals surface area contributed by atoms with Crippen LogP contribution in [-0.2, 0) is 7.05 Å². The molecule has 0 saturated heterocycles. The fourth-order valence-electron chi connectivity index (χ4n) is 2.46. The van der Waals surface area contributed by atoms with Gasteiger partial charge in [-0.25, -0.2) is 0 Å². The van der Waals surface area contributed by atoms with Crippen molar-refractivity contribution in [1.29, 1.82) is 0 Å². The minimum Gasteiger partial charge on any atom is -0.495 e. The van der Waals surface area contributed by atoms with Crippen molar-refractivity contribution in [3.05, 3.63) is 33.8 Å². The van der Waals surface area contributed by atoms with Gasteiger partial charge in [-0.3, -0.25) is 9.48 Å². The van der Waals surface area contributed by atoms with Crippen molar-refractivity contribution in [3.63, 3.8) is 0 Å². The first-order valence-corrected chi connectivity index (χ1v) is 8.30. The molecule has 0 aliphatic rings. The van der Waals surface area contributed by atoms with Crippen LogP contribution in [0.4, 0.5) is 5.69 Å². The summed E-state index contributed by atoms with van der Waals surface area (Å²) in [6.45, 7) is 1.92. The summed E-state index contributed by atoms with van der Waals surface area (Å²) in [7, 11) is 4.89. The molecule has 0 fully saturated rings. The van der Waals surface area contributed by atoms with Crippen LogP contribution in [0.25, 0.3) is 10.2 Å². The van der Waals surface area contributed by atoms with E-state index < -0.39 is 0 Å². The average molecular weight is 366 g/mol. The highest BCUT2D eigenvalue weighted by Gasteiger charge is 2.18. The number of nitrogens with zero attached hydrogens (tertiary/aromatic N) is 2. The molecule has 0 bridgehead atoms. The number of aryl methyl sites for hydroxylation is 2. The molecule has 2 heterocycles. The second-order valence-corrected chi connectivity index (χ2v) is 6.62. The molecule has 8 heteroatoms. The van der Waals surface area contributed by atoms with Crippen molar-refractivity contribution in [3.8, 4) is 11.5 Å². The van der Waals surface area contributed by atoms with Crippen LogP contribution in [0, 0.1) is 6.92 Å². The number of rotatable bonds is 4. The van der Waals surface area contributed by atoms with Gasteiger partial charge in [-0.2, -0.15) is 5.10 Å². The normalized spacial score (nSPS) is 10.9. The summed E-state index contributed by atoms with van der Waals surface area (Å²) in [5.41, 5.74) is 1.39. The molecule has 1 N–H and O–H groups in total. The number of carbonyl (C=O) groups excluding carboxylic acids is 1. The smallest absolute Gasteiger partial charge is 0.265 e. The van der Waals surface area contributed by atoms with Crippen LogP contribution in [-0.4, -0.2) is 29.9 Å². The predicted molar refractivity (Wildman–Crippen MR) is 95.8 cm³/mol. The summed E-state index contributed by atoms with van der Waals surface area (Å²) in [6, 6.07) is 5.09. The van der Waals surface area contributed by atoms with Gasteiger partial charge in [-0.15, -0.1) is 11.3 Å². The van der Waals surface area contributed by atoms with Gasteiger partial charge in [0.2, 0.25) is 0 Å². The van der Waals surface area contributed by atoms with E-state index in [1.54, 1.807) is 16.8 Å². The lowest BCUT2D eigenvalue weighted by molar-refractivity contribution is 0.103. The Balaban J connectivity index is 1.94.